The van der Waals surface area contributed by atoms with Gasteiger partial charge in [0.25, 0.3) is 11.8 Å². The summed E-state index contributed by atoms with van der Waals surface area (Å²) >= 11 is 0. The maximum absolute atomic E-state index is 13.7. The highest BCUT2D eigenvalue weighted by Crippen LogP contribution is 2.33. The molecule has 1 aromatic heterocycles. The minimum Gasteiger partial charge on any atom is -0.382 e. The Morgan fingerprint density at radius 2 is 1.15 bits per heavy atom. The lowest BCUT2D eigenvalue weighted by Gasteiger charge is -2.23. The van der Waals surface area contributed by atoms with Crippen molar-refractivity contribution in [3.05, 3.63) is 113 Å². The summed E-state index contributed by atoms with van der Waals surface area (Å²) in [6, 6.07) is 21.0. The molecule has 0 aliphatic rings. The highest BCUT2D eigenvalue weighted by atomic mass is 19.4. The maximum Gasteiger partial charge on any atom is 0.416 e. The van der Waals surface area contributed by atoms with Gasteiger partial charge >= 0.3 is 6.18 Å². The first-order chi connectivity index (χ1) is 36.0. The van der Waals surface area contributed by atoms with E-state index in [-0.39, 0.29) is 37.0 Å². The van der Waals surface area contributed by atoms with E-state index in [4.69, 9.17) is 42.6 Å². The minimum absolute atomic E-state index is 0.104. The summed E-state index contributed by atoms with van der Waals surface area (Å²) in [7, 11) is 1.63. The molecule has 3 aromatic carbocycles. The van der Waals surface area contributed by atoms with Gasteiger partial charge < -0.3 is 63.5 Å². The van der Waals surface area contributed by atoms with Crippen LogP contribution in [0.4, 0.5) is 24.5 Å². The summed E-state index contributed by atoms with van der Waals surface area (Å²) in [5.74, 6) is -0.925. The predicted octanol–water partition coefficient (Wildman–Crippen LogP) is 7.01. The smallest absolute Gasteiger partial charge is 0.382 e. The van der Waals surface area contributed by atoms with E-state index in [1.165, 1.54) is 24.4 Å². The second-order valence-corrected chi connectivity index (χ2v) is 16.5. The third-order valence-corrected chi connectivity index (χ3v) is 11.0. The lowest BCUT2D eigenvalue weighted by atomic mass is 10.0. The fraction of sp³-hybridized carbons (Fsp3) is 0.519. The fourth-order valence-corrected chi connectivity index (χ4v) is 7.12. The molecule has 3 N–H and O–H groups in total. The average Bonchev–Trinajstić information content (AvgIpc) is 3.40. The first-order valence-corrected chi connectivity index (χ1v) is 25.1. The van der Waals surface area contributed by atoms with Crippen molar-refractivity contribution < 1.29 is 70.2 Å². The number of carbonyl (C=O) groups excluding carboxylic acids is 3. The van der Waals surface area contributed by atoms with Gasteiger partial charge in [0.2, 0.25) is 5.91 Å². The Hall–Kier alpha value is -5.55. The zero-order valence-electron chi connectivity index (χ0n) is 43.0. The number of hydrogen-bond donors (Lipinski definition) is 3. The van der Waals surface area contributed by atoms with E-state index in [2.05, 4.69) is 25.8 Å². The Morgan fingerprint density at radius 3 is 1.77 bits per heavy atom. The largest absolute Gasteiger partial charge is 0.416 e. The molecule has 17 nitrogen and oxygen atoms in total. The van der Waals surface area contributed by atoms with Gasteiger partial charge in [-0.1, -0.05) is 24.3 Å². The van der Waals surface area contributed by atoms with Crippen molar-refractivity contribution in [1.82, 2.24) is 15.6 Å². The lowest BCUT2D eigenvalue weighted by molar-refractivity contribution is -0.137. The van der Waals surface area contributed by atoms with Crippen LogP contribution in [0.1, 0.15) is 64.1 Å². The molecular weight excluding hydrogens is 968 g/mol. The molecule has 0 unspecified atom stereocenters. The third-order valence-electron chi connectivity index (χ3n) is 11.0. The summed E-state index contributed by atoms with van der Waals surface area (Å²) in [5, 5.41) is 8.54. The number of amides is 3. The van der Waals surface area contributed by atoms with Gasteiger partial charge in [-0.25, -0.2) is 0 Å². The van der Waals surface area contributed by atoms with Crippen molar-refractivity contribution in [3.8, 4) is 11.3 Å². The number of anilines is 2. The van der Waals surface area contributed by atoms with Crippen LogP contribution in [0.2, 0.25) is 0 Å². The second-order valence-electron chi connectivity index (χ2n) is 16.5. The summed E-state index contributed by atoms with van der Waals surface area (Å²) in [6.07, 6.45) is -1.34. The zero-order valence-corrected chi connectivity index (χ0v) is 43.0. The zero-order chi connectivity index (χ0) is 53.1. The van der Waals surface area contributed by atoms with E-state index in [1.54, 1.807) is 19.2 Å². The standard InChI is InChI=1S/C54H74F3N5O12/c1-4-62(5-2)47-14-15-49(48(40-47)50-39-45(16-18-58-50)52(64)60-41-43-10-7-13-46(38-43)54(55,56)57)61-53(65)44-12-6-9-42(37-44)11-8-20-67-25-28-71-33-34-72-29-26-68-21-17-51(63)59-19-22-69-27-30-73-35-36-74-32-31-70-24-23-66-3/h6-7,9-10,12-16,18,37-40H,4-5,8,11,17,19-36,41H2,1-3H3,(H,59,63)(H,60,64)(H,61,65). The van der Waals surface area contributed by atoms with E-state index in [0.717, 1.165) is 42.9 Å². The van der Waals surface area contributed by atoms with E-state index in [0.29, 0.717) is 147 Å². The summed E-state index contributed by atoms with van der Waals surface area (Å²) in [6.45, 7) is 13.4. The number of nitrogens with one attached hydrogen (secondary N) is 3. The molecule has 0 atom stereocenters. The molecule has 0 aliphatic heterocycles. The van der Waals surface area contributed by atoms with Crippen LogP contribution < -0.4 is 20.9 Å². The first kappa shape index (κ1) is 61.0. The molecule has 0 bridgehead atoms. The van der Waals surface area contributed by atoms with Crippen LogP contribution in [0.3, 0.4) is 0 Å². The molecule has 408 valence electrons. The van der Waals surface area contributed by atoms with E-state index in [9.17, 15) is 27.6 Å². The highest BCUT2D eigenvalue weighted by Gasteiger charge is 2.30. The maximum atomic E-state index is 13.7. The van der Waals surface area contributed by atoms with Crippen molar-refractivity contribution >= 4 is 29.1 Å². The molecule has 0 radical (unpaired) electrons. The Bertz CT molecular complexity index is 2220. The molecule has 20 heteroatoms. The van der Waals surface area contributed by atoms with E-state index < -0.39 is 17.6 Å². The number of carbonyl (C=O) groups is 3. The quantitative estimate of drug-likeness (QED) is 0.0386. The number of aryl methyl sites for hydroxylation is 1. The molecule has 4 rings (SSSR count). The highest BCUT2D eigenvalue weighted by molar-refractivity contribution is 6.06. The van der Waals surface area contributed by atoms with E-state index >= 15 is 0 Å². The number of aromatic nitrogens is 1. The lowest BCUT2D eigenvalue weighted by Crippen LogP contribution is -2.28. The van der Waals surface area contributed by atoms with Gasteiger partial charge in [0.1, 0.15) is 0 Å². The molecule has 1 heterocycles. The molecule has 0 saturated carbocycles. The molecule has 0 spiro atoms. The second kappa shape index (κ2) is 36.4. The Morgan fingerprint density at radius 1 is 0.581 bits per heavy atom. The number of ether oxygens (including phenoxy) is 9. The number of benzene rings is 3. The van der Waals surface area contributed by atoms with Crippen LogP contribution in [0.15, 0.2) is 85.1 Å². The molecule has 0 aliphatic carbocycles. The number of alkyl halides is 3. The molecule has 0 fully saturated rings. The fourth-order valence-electron chi connectivity index (χ4n) is 7.12. The normalized spacial score (nSPS) is 11.4. The van der Waals surface area contributed by atoms with Gasteiger partial charge in [-0.15, -0.1) is 0 Å². The Balaban J connectivity index is 1.06. The van der Waals surface area contributed by atoms with Gasteiger partial charge in [0, 0.05) is 74.9 Å². The molecule has 74 heavy (non-hydrogen) atoms. The van der Waals surface area contributed by atoms with Gasteiger partial charge in [-0.2, -0.15) is 13.2 Å². The number of methoxy groups -OCH3 is 1. The van der Waals surface area contributed by atoms with Crippen LogP contribution in [-0.2, 0) is 66.6 Å². The molecule has 4 aromatic rings. The minimum atomic E-state index is -4.50. The van der Waals surface area contributed by atoms with Crippen LogP contribution >= 0.6 is 0 Å². The molecule has 3 amide bonds. The van der Waals surface area contributed by atoms with Crippen molar-refractivity contribution in [2.75, 3.05) is 149 Å². The summed E-state index contributed by atoms with van der Waals surface area (Å²) in [5.41, 5.74) is 3.62. The number of hydrogen-bond acceptors (Lipinski definition) is 14. The van der Waals surface area contributed by atoms with Crippen LogP contribution in [-0.4, -0.2) is 162 Å². The van der Waals surface area contributed by atoms with Crippen LogP contribution in [0.5, 0.6) is 0 Å². The van der Waals surface area contributed by atoms with Crippen LogP contribution in [0.25, 0.3) is 11.3 Å². The number of halogens is 3. The van der Waals surface area contributed by atoms with Gasteiger partial charge in [0.05, 0.1) is 123 Å². The topological polar surface area (TPSA) is 186 Å². The van der Waals surface area contributed by atoms with Crippen molar-refractivity contribution in [1.29, 1.82) is 0 Å². The average molecular weight is 1040 g/mol. The van der Waals surface area contributed by atoms with Gasteiger partial charge in [-0.05, 0) is 92.4 Å². The van der Waals surface area contributed by atoms with E-state index in [1.807, 2.05) is 50.2 Å². The third kappa shape index (κ3) is 24.7. The van der Waals surface area contributed by atoms with Gasteiger partial charge in [0.15, 0.2) is 0 Å². The SMILES string of the molecule is CCN(CC)c1ccc(NC(=O)c2cccc(CCCOCCOCCOCCOCCC(=O)NCCOCCOCCOCCOCCOC)c2)c(-c2cc(C(=O)NCc3cccc(C(F)(F)F)c3)ccn2)c1. The van der Waals surface area contributed by atoms with Gasteiger partial charge in [-0.3, -0.25) is 19.4 Å². The van der Waals surface area contributed by atoms with Crippen molar-refractivity contribution in [2.45, 2.75) is 45.8 Å². The van der Waals surface area contributed by atoms with Crippen molar-refractivity contribution in [2.24, 2.45) is 0 Å². The van der Waals surface area contributed by atoms with Crippen LogP contribution in [0, 0.1) is 0 Å². The molecule has 0 saturated heterocycles. The molecular formula is C54H74F3N5O12. The Kier molecular flexibility index (Phi) is 30.0. The first-order valence-electron chi connectivity index (χ1n) is 25.1. The monoisotopic (exact) mass is 1040 g/mol. The van der Waals surface area contributed by atoms with Crippen molar-refractivity contribution in [3.63, 3.8) is 0 Å². The number of nitrogens with zero attached hydrogens (tertiary/aromatic N) is 2. The summed E-state index contributed by atoms with van der Waals surface area (Å²) in [4.78, 5) is 45.7. The number of rotatable bonds is 40. The number of pyridine rings is 1. The summed E-state index contributed by atoms with van der Waals surface area (Å²) < 4.78 is 88.7. The predicted molar refractivity (Wildman–Crippen MR) is 275 cm³/mol. The Labute approximate surface area is 433 Å².